The molecular formula is C13H19NO4S2. The molecule has 1 saturated carbocycles. The normalized spacial score (nSPS) is 23.7. The molecule has 1 aliphatic carbocycles. The van der Waals surface area contributed by atoms with E-state index in [0.29, 0.717) is 12.8 Å². The summed E-state index contributed by atoms with van der Waals surface area (Å²) >= 11 is 1.43. The van der Waals surface area contributed by atoms with Crippen LogP contribution in [0.15, 0.2) is 11.0 Å². The fourth-order valence-electron chi connectivity index (χ4n) is 2.70. The van der Waals surface area contributed by atoms with Crippen molar-refractivity contribution in [3.63, 3.8) is 0 Å². The van der Waals surface area contributed by atoms with Gasteiger partial charge in [-0.15, -0.1) is 11.3 Å². The number of carboxylic acid groups (broad SMARTS) is 1. The molecule has 7 heteroatoms. The average molecular weight is 317 g/mol. The lowest BCUT2D eigenvalue weighted by Crippen LogP contribution is -2.45. The highest BCUT2D eigenvalue weighted by atomic mass is 32.2. The van der Waals surface area contributed by atoms with Crippen molar-refractivity contribution in [2.75, 3.05) is 0 Å². The van der Waals surface area contributed by atoms with Crippen LogP contribution in [0.3, 0.4) is 0 Å². The van der Waals surface area contributed by atoms with Crippen molar-refractivity contribution in [2.45, 2.75) is 50.5 Å². The lowest BCUT2D eigenvalue weighted by atomic mass is 9.85. The van der Waals surface area contributed by atoms with E-state index in [1.807, 2.05) is 6.92 Å². The summed E-state index contributed by atoms with van der Waals surface area (Å²) in [7, 11) is -3.64. The van der Waals surface area contributed by atoms with Crippen molar-refractivity contribution < 1.29 is 18.3 Å². The smallest absolute Gasteiger partial charge is 0.308 e. The summed E-state index contributed by atoms with van der Waals surface area (Å²) < 4.78 is 27.4. The zero-order valence-electron chi connectivity index (χ0n) is 11.5. The maximum absolute atomic E-state index is 12.4. The summed E-state index contributed by atoms with van der Waals surface area (Å²) in [6.45, 7) is 3.62. The van der Waals surface area contributed by atoms with Crippen LogP contribution < -0.4 is 4.72 Å². The van der Waals surface area contributed by atoms with E-state index in [2.05, 4.69) is 4.72 Å². The Labute approximate surface area is 123 Å². The largest absolute Gasteiger partial charge is 0.481 e. The van der Waals surface area contributed by atoms with Gasteiger partial charge in [-0.3, -0.25) is 4.79 Å². The molecule has 5 nitrogen and oxygen atoms in total. The molecule has 1 heterocycles. The van der Waals surface area contributed by atoms with Gasteiger partial charge >= 0.3 is 5.97 Å². The van der Waals surface area contributed by atoms with Gasteiger partial charge in [0.2, 0.25) is 10.0 Å². The first-order valence-electron chi connectivity index (χ1n) is 6.63. The summed E-state index contributed by atoms with van der Waals surface area (Å²) in [5.41, 5.74) is 0. The van der Waals surface area contributed by atoms with Crippen LogP contribution in [-0.2, 0) is 14.8 Å². The highest BCUT2D eigenvalue weighted by molar-refractivity contribution is 7.89. The Bertz CT molecular complexity index is 606. The molecule has 0 aliphatic heterocycles. The molecule has 20 heavy (non-hydrogen) atoms. The van der Waals surface area contributed by atoms with Crippen molar-refractivity contribution >= 4 is 27.3 Å². The van der Waals surface area contributed by atoms with Crippen LogP contribution in [0.2, 0.25) is 0 Å². The number of aryl methyl sites for hydroxylation is 2. The predicted molar refractivity (Wildman–Crippen MR) is 77.5 cm³/mol. The van der Waals surface area contributed by atoms with Gasteiger partial charge in [0.15, 0.2) is 0 Å². The van der Waals surface area contributed by atoms with Gasteiger partial charge in [0, 0.05) is 15.8 Å². The van der Waals surface area contributed by atoms with Crippen LogP contribution in [0.4, 0.5) is 0 Å². The third kappa shape index (κ3) is 3.21. The molecule has 0 aromatic carbocycles. The van der Waals surface area contributed by atoms with E-state index >= 15 is 0 Å². The summed E-state index contributed by atoms with van der Waals surface area (Å²) in [6.07, 6.45) is 2.81. The molecule has 0 saturated heterocycles. The number of thiophene rings is 1. The Morgan fingerprint density at radius 2 is 2.00 bits per heavy atom. The molecule has 1 aliphatic rings. The molecular weight excluding hydrogens is 298 g/mol. The molecule has 0 bridgehead atoms. The maximum Gasteiger partial charge on any atom is 0.308 e. The van der Waals surface area contributed by atoms with Crippen molar-refractivity contribution in [3.8, 4) is 0 Å². The molecule has 0 spiro atoms. The SMILES string of the molecule is Cc1cc(S(=O)(=O)NC2CCCCC2C(=O)O)c(C)s1. The summed E-state index contributed by atoms with van der Waals surface area (Å²) in [5.74, 6) is -1.55. The van der Waals surface area contributed by atoms with Gasteiger partial charge in [-0.1, -0.05) is 12.8 Å². The van der Waals surface area contributed by atoms with Crippen LogP contribution in [0, 0.1) is 19.8 Å². The predicted octanol–water partition coefficient (Wildman–Crippen LogP) is 2.29. The van der Waals surface area contributed by atoms with E-state index in [0.717, 1.165) is 22.6 Å². The molecule has 1 aromatic heterocycles. The quantitative estimate of drug-likeness (QED) is 0.892. The topological polar surface area (TPSA) is 83.5 Å². The first kappa shape index (κ1) is 15.5. The lowest BCUT2D eigenvalue weighted by molar-refractivity contribution is -0.143. The average Bonchev–Trinajstić information content (AvgIpc) is 2.69. The van der Waals surface area contributed by atoms with Crippen LogP contribution in [-0.4, -0.2) is 25.5 Å². The van der Waals surface area contributed by atoms with Gasteiger partial charge in [-0.2, -0.15) is 0 Å². The Kier molecular flexibility index (Phi) is 4.51. The number of carbonyl (C=O) groups is 1. The first-order chi connectivity index (χ1) is 9.31. The zero-order valence-corrected chi connectivity index (χ0v) is 13.2. The first-order valence-corrected chi connectivity index (χ1v) is 8.93. The molecule has 2 N–H and O–H groups in total. The van der Waals surface area contributed by atoms with Crippen molar-refractivity contribution in [1.82, 2.24) is 4.72 Å². The number of rotatable bonds is 4. The van der Waals surface area contributed by atoms with Crippen LogP contribution in [0.5, 0.6) is 0 Å². The third-order valence-corrected chi connectivity index (χ3v) is 6.39. The Morgan fingerprint density at radius 1 is 1.35 bits per heavy atom. The minimum atomic E-state index is -3.64. The lowest BCUT2D eigenvalue weighted by Gasteiger charge is -2.28. The number of hydrogen-bond donors (Lipinski definition) is 2. The highest BCUT2D eigenvalue weighted by Crippen LogP contribution is 2.29. The summed E-state index contributed by atoms with van der Waals surface area (Å²) in [6, 6.07) is 1.13. The third-order valence-electron chi connectivity index (χ3n) is 3.67. The highest BCUT2D eigenvalue weighted by Gasteiger charge is 2.34. The Morgan fingerprint density at radius 3 is 2.55 bits per heavy atom. The number of carboxylic acids is 1. The van der Waals surface area contributed by atoms with E-state index in [4.69, 9.17) is 0 Å². The molecule has 2 atom stereocenters. The monoisotopic (exact) mass is 317 g/mol. The summed E-state index contributed by atoms with van der Waals surface area (Å²) in [5, 5.41) is 9.20. The van der Waals surface area contributed by atoms with Crippen molar-refractivity contribution in [3.05, 3.63) is 15.8 Å². The van der Waals surface area contributed by atoms with Gasteiger partial charge in [0.1, 0.15) is 0 Å². The minimum Gasteiger partial charge on any atom is -0.481 e. The van der Waals surface area contributed by atoms with E-state index in [1.165, 1.54) is 11.3 Å². The van der Waals surface area contributed by atoms with Crippen molar-refractivity contribution in [1.29, 1.82) is 0 Å². The van der Waals surface area contributed by atoms with E-state index in [1.54, 1.807) is 13.0 Å². The van der Waals surface area contributed by atoms with E-state index in [-0.39, 0.29) is 4.90 Å². The van der Waals surface area contributed by atoms with Gasteiger partial charge in [-0.05, 0) is 32.8 Å². The summed E-state index contributed by atoms with van der Waals surface area (Å²) in [4.78, 5) is 13.2. The van der Waals surface area contributed by atoms with Gasteiger partial charge in [0.05, 0.1) is 10.8 Å². The second-order valence-electron chi connectivity index (χ2n) is 5.23. The molecule has 0 radical (unpaired) electrons. The van der Waals surface area contributed by atoms with Crippen LogP contribution in [0.1, 0.15) is 35.4 Å². The Balaban J connectivity index is 2.23. The molecule has 2 rings (SSSR count). The second kappa shape index (κ2) is 5.83. The number of sulfonamides is 1. The van der Waals surface area contributed by atoms with Crippen LogP contribution >= 0.6 is 11.3 Å². The molecule has 1 fully saturated rings. The van der Waals surface area contributed by atoms with E-state index < -0.39 is 28.0 Å². The molecule has 2 unspecified atom stereocenters. The van der Waals surface area contributed by atoms with E-state index in [9.17, 15) is 18.3 Å². The van der Waals surface area contributed by atoms with Gasteiger partial charge < -0.3 is 5.11 Å². The standard InChI is InChI=1S/C13H19NO4S2/c1-8-7-12(9(2)19-8)20(17,18)14-11-6-4-3-5-10(11)13(15)16/h7,10-11,14H,3-6H2,1-2H3,(H,15,16). The Hall–Kier alpha value is -0.920. The second-order valence-corrected chi connectivity index (χ2v) is 8.38. The van der Waals surface area contributed by atoms with Gasteiger partial charge in [-0.25, -0.2) is 13.1 Å². The van der Waals surface area contributed by atoms with Crippen LogP contribution in [0.25, 0.3) is 0 Å². The zero-order chi connectivity index (χ0) is 14.9. The van der Waals surface area contributed by atoms with Crippen molar-refractivity contribution in [2.24, 2.45) is 5.92 Å². The molecule has 0 amide bonds. The molecule has 1 aromatic rings. The number of aliphatic carboxylic acids is 1. The fraction of sp³-hybridized carbons (Fsp3) is 0.615. The molecule has 112 valence electrons. The van der Waals surface area contributed by atoms with Gasteiger partial charge in [0.25, 0.3) is 0 Å². The minimum absolute atomic E-state index is 0.273. The number of hydrogen-bond acceptors (Lipinski definition) is 4. The fourth-order valence-corrected chi connectivity index (χ4v) is 5.57. The maximum atomic E-state index is 12.4. The number of nitrogens with one attached hydrogen (secondary N) is 1.